The van der Waals surface area contributed by atoms with Crippen LogP contribution in [0, 0.1) is 34.5 Å². The van der Waals surface area contributed by atoms with Crippen molar-refractivity contribution in [2.24, 2.45) is 23.3 Å². The first kappa shape index (κ1) is 53.2. The number of rotatable bonds is 21. The lowest BCUT2D eigenvalue weighted by Gasteiger charge is -2.40. The van der Waals surface area contributed by atoms with Gasteiger partial charge in [0.05, 0.1) is 46.7 Å². The average Bonchev–Trinajstić information content (AvgIpc) is 4.33. The van der Waals surface area contributed by atoms with E-state index in [0.29, 0.717) is 88.3 Å². The topological polar surface area (TPSA) is 326 Å². The SMILES string of the molecule is CCS(=O)(=O)Nc1cccc(CN2CCC(CC#N)(n3cc(C(N)=O)c(NC(=O)C4CC4c4cccc(S(=O)(=O)Nc5cccc(CN6CCC(CC#N)(n7cc(C(N)=O)c(NC(=O)C8CC8)n7)CC6)c5)c4)n3)CC2)c1. The molecule has 2 saturated heterocycles. The number of nitrogens with one attached hydrogen (secondary N) is 4. The number of hydrogen-bond donors (Lipinski definition) is 6. The molecule has 9 rings (SSSR count). The van der Waals surface area contributed by atoms with Crippen LogP contribution < -0.4 is 31.5 Å². The molecule has 4 aliphatic rings. The Morgan fingerprint density at radius 3 is 1.64 bits per heavy atom. The highest BCUT2D eigenvalue weighted by Crippen LogP contribution is 2.49. The van der Waals surface area contributed by atoms with Crippen LogP contribution in [-0.4, -0.2) is 102 Å². The molecule has 2 aliphatic heterocycles. The van der Waals surface area contributed by atoms with Gasteiger partial charge >= 0.3 is 0 Å². The fourth-order valence-electron chi connectivity index (χ4n) is 10.3. The maximum Gasteiger partial charge on any atom is 0.261 e. The molecular weight excluding hydrogens is 1010 g/mol. The molecule has 76 heavy (non-hydrogen) atoms. The summed E-state index contributed by atoms with van der Waals surface area (Å²) in [6.07, 6.45) is 7.18. The molecule has 2 atom stereocenters. The second-order valence-electron chi connectivity index (χ2n) is 20.4. The molecule has 8 N–H and O–H groups in total. The van der Waals surface area contributed by atoms with Gasteiger partial charge in [-0.3, -0.25) is 47.8 Å². The molecule has 0 bridgehead atoms. The number of likely N-dealkylation sites (tertiary alicyclic amines) is 2. The highest BCUT2D eigenvalue weighted by molar-refractivity contribution is 7.93. The molecule has 22 nitrogen and oxygen atoms in total. The van der Waals surface area contributed by atoms with Gasteiger partial charge in [0.25, 0.3) is 21.8 Å². The van der Waals surface area contributed by atoms with Crippen LogP contribution in [0.25, 0.3) is 0 Å². The van der Waals surface area contributed by atoms with E-state index >= 15 is 0 Å². The number of nitrogens with two attached hydrogens (primary N) is 2. The highest BCUT2D eigenvalue weighted by Gasteiger charge is 2.46. The van der Waals surface area contributed by atoms with Crippen LogP contribution in [0.5, 0.6) is 0 Å². The van der Waals surface area contributed by atoms with Crippen molar-refractivity contribution < 1.29 is 36.0 Å². The minimum atomic E-state index is -4.09. The van der Waals surface area contributed by atoms with E-state index in [1.54, 1.807) is 70.9 Å². The normalized spacial score (nSPS) is 19.4. The lowest BCUT2D eigenvalue weighted by atomic mass is 9.84. The van der Waals surface area contributed by atoms with Crippen molar-refractivity contribution in [3.63, 3.8) is 0 Å². The summed E-state index contributed by atoms with van der Waals surface area (Å²) in [5, 5.41) is 34.5. The van der Waals surface area contributed by atoms with E-state index in [9.17, 15) is 46.5 Å². The number of sulfonamides is 2. The van der Waals surface area contributed by atoms with Gasteiger partial charge in [-0.1, -0.05) is 36.4 Å². The van der Waals surface area contributed by atoms with E-state index in [2.05, 4.69) is 52.2 Å². The third kappa shape index (κ3) is 11.9. The van der Waals surface area contributed by atoms with Crippen LogP contribution >= 0.6 is 0 Å². The number of amides is 4. The Labute approximate surface area is 440 Å². The zero-order valence-corrected chi connectivity index (χ0v) is 43.6. The molecule has 4 fully saturated rings. The molecule has 2 saturated carbocycles. The van der Waals surface area contributed by atoms with Crippen LogP contribution in [0.2, 0.25) is 0 Å². The molecule has 2 aromatic heterocycles. The van der Waals surface area contributed by atoms with Crippen molar-refractivity contribution >= 4 is 66.7 Å². The summed E-state index contributed by atoms with van der Waals surface area (Å²) in [4.78, 5) is 55.8. The molecule has 5 aromatic rings. The zero-order valence-electron chi connectivity index (χ0n) is 41.9. The minimum absolute atomic E-state index is 0.00822. The standard InChI is InChI=1S/C52H60N14O8S2/c1-2-75(71,72)61-38-9-3-6-34(26-38)30-63-22-18-52(15-21-54,19-23-63)66-33-44(46(56)68)48(60-66)58-50(70)42-29-41(42)37-8-5-11-40(28-37)76(73,74)62-39-10-4-7-35(27-39)31-64-24-16-51(14-20-53,17-25-64)65-32-43(45(55)67)47(59-65)57-49(69)36-12-13-36/h3-11,26-28,32-33,36,41-42,61-62H,2,12-19,22-25,29-31H2,1H3,(H2,55,67)(H2,56,68)(H,57,59,69)(H,58,60,70). The van der Waals surface area contributed by atoms with Gasteiger partial charge in [0.1, 0.15) is 11.1 Å². The van der Waals surface area contributed by atoms with Crippen molar-refractivity contribution in [1.82, 2.24) is 29.4 Å². The molecule has 4 amide bonds. The summed E-state index contributed by atoms with van der Waals surface area (Å²) in [5.41, 5.74) is 13.2. The number of carbonyl (C=O) groups is 4. The van der Waals surface area contributed by atoms with Gasteiger partial charge < -0.3 is 22.1 Å². The molecule has 2 aliphatic carbocycles. The summed E-state index contributed by atoms with van der Waals surface area (Å²) in [7, 11) is -7.53. The second kappa shape index (κ2) is 21.5. The van der Waals surface area contributed by atoms with Crippen molar-refractivity contribution in [2.45, 2.75) is 99.7 Å². The van der Waals surface area contributed by atoms with Gasteiger partial charge in [0, 0.05) is 74.9 Å². The van der Waals surface area contributed by atoms with E-state index in [1.807, 2.05) is 12.1 Å². The Bertz CT molecular complexity index is 3380. The van der Waals surface area contributed by atoms with E-state index in [-0.39, 0.29) is 64.0 Å². The van der Waals surface area contributed by atoms with Gasteiger partial charge in [-0.2, -0.15) is 20.7 Å². The fourth-order valence-corrected chi connectivity index (χ4v) is 12.0. The van der Waals surface area contributed by atoms with Crippen molar-refractivity contribution in [3.05, 3.63) is 113 Å². The monoisotopic (exact) mass is 1070 g/mol. The number of anilines is 4. The summed E-state index contributed by atoms with van der Waals surface area (Å²) in [5.74, 6) is -3.13. The summed E-state index contributed by atoms with van der Waals surface area (Å²) in [6.45, 7) is 4.85. The predicted octanol–water partition coefficient (Wildman–Crippen LogP) is 4.74. The Morgan fingerprint density at radius 2 is 1.17 bits per heavy atom. The first-order chi connectivity index (χ1) is 36.3. The van der Waals surface area contributed by atoms with Crippen molar-refractivity contribution in [1.29, 1.82) is 10.5 Å². The van der Waals surface area contributed by atoms with Crippen molar-refractivity contribution in [3.8, 4) is 12.1 Å². The van der Waals surface area contributed by atoms with Gasteiger partial charge in [0.2, 0.25) is 21.8 Å². The molecule has 3 aromatic carbocycles. The summed E-state index contributed by atoms with van der Waals surface area (Å²) in [6, 6.07) is 25.2. The van der Waals surface area contributed by atoms with E-state index in [1.165, 1.54) is 18.5 Å². The Hall–Kier alpha value is -7.64. The molecule has 2 unspecified atom stereocenters. The van der Waals surface area contributed by atoms with Gasteiger partial charge in [-0.25, -0.2) is 16.8 Å². The fraction of sp³-hybridized carbons (Fsp3) is 0.423. The third-order valence-corrected chi connectivity index (χ3v) is 17.7. The maximum atomic E-state index is 13.9. The van der Waals surface area contributed by atoms with Crippen LogP contribution in [0.4, 0.5) is 23.0 Å². The summed E-state index contributed by atoms with van der Waals surface area (Å²) >= 11 is 0. The number of benzene rings is 3. The quantitative estimate of drug-likeness (QED) is 0.0578. The number of carbonyl (C=O) groups excluding carboxylic acids is 4. The largest absolute Gasteiger partial charge is 0.365 e. The van der Waals surface area contributed by atoms with Crippen LogP contribution in [-0.2, 0) is 53.8 Å². The second-order valence-corrected chi connectivity index (χ2v) is 24.1. The first-order valence-corrected chi connectivity index (χ1v) is 28.4. The highest BCUT2D eigenvalue weighted by atomic mass is 32.2. The van der Waals surface area contributed by atoms with Gasteiger partial charge in [-0.05, 0) is 111 Å². The number of nitriles is 2. The Kier molecular flexibility index (Phi) is 15.1. The van der Waals surface area contributed by atoms with Gasteiger partial charge in [-0.15, -0.1) is 0 Å². The average molecular weight is 1070 g/mol. The number of aromatic nitrogens is 4. The lowest BCUT2D eigenvalue weighted by Crippen LogP contribution is -2.46. The summed E-state index contributed by atoms with van der Waals surface area (Å²) < 4.78 is 60.5. The van der Waals surface area contributed by atoms with E-state index < -0.39 is 54.8 Å². The van der Waals surface area contributed by atoms with Gasteiger partial charge in [0.15, 0.2) is 11.6 Å². The number of primary amides is 2. The molecule has 24 heteroatoms. The molecular formula is C52H60N14O8S2. The third-order valence-electron chi connectivity index (χ3n) is 15.0. The molecule has 0 spiro atoms. The minimum Gasteiger partial charge on any atom is -0.365 e. The zero-order chi connectivity index (χ0) is 54.0. The number of piperidine rings is 2. The van der Waals surface area contributed by atoms with Crippen LogP contribution in [0.1, 0.15) is 108 Å². The Balaban J connectivity index is 0.805. The number of hydrogen-bond acceptors (Lipinski definition) is 14. The maximum absolute atomic E-state index is 13.9. The smallest absolute Gasteiger partial charge is 0.261 e. The number of nitrogens with zero attached hydrogens (tertiary/aromatic N) is 8. The molecule has 398 valence electrons. The lowest BCUT2D eigenvalue weighted by molar-refractivity contribution is -0.118. The molecule has 4 heterocycles. The predicted molar refractivity (Wildman–Crippen MR) is 281 cm³/mol. The molecule has 0 radical (unpaired) electrons. The first-order valence-electron chi connectivity index (χ1n) is 25.2. The van der Waals surface area contributed by atoms with Crippen molar-refractivity contribution in [2.75, 3.05) is 52.0 Å². The van der Waals surface area contributed by atoms with E-state index in [0.717, 1.165) is 24.0 Å². The van der Waals surface area contributed by atoms with E-state index in [4.69, 9.17) is 11.5 Å². The Morgan fingerprint density at radius 1 is 0.684 bits per heavy atom. The van der Waals surface area contributed by atoms with Crippen LogP contribution in [0.3, 0.4) is 0 Å². The van der Waals surface area contributed by atoms with Crippen LogP contribution in [0.15, 0.2) is 90.1 Å².